The van der Waals surface area contributed by atoms with Crippen molar-refractivity contribution in [1.82, 2.24) is 5.32 Å². The Morgan fingerprint density at radius 1 is 1.14 bits per heavy atom. The Hall–Kier alpha value is -3.42. The first-order chi connectivity index (χ1) is 13.4. The molecule has 0 radical (unpaired) electrons. The summed E-state index contributed by atoms with van der Waals surface area (Å²) in [6.07, 6.45) is -0.953. The average Bonchev–Trinajstić information content (AvgIpc) is 2.67. The average molecular weight is 385 g/mol. The van der Waals surface area contributed by atoms with Gasteiger partial charge < -0.3 is 15.4 Å². The van der Waals surface area contributed by atoms with Crippen molar-refractivity contribution in [2.75, 3.05) is 11.9 Å². The zero-order valence-electron chi connectivity index (χ0n) is 15.8. The van der Waals surface area contributed by atoms with E-state index in [1.807, 2.05) is 31.2 Å². The van der Waals surface area contributed by atoms with Crippen LogP contribution in [0, 0.1) is 17.0 Å². The van der Waals surface area contributed by atoms with Crippen LogP contribution in [-0.2, 0) is 20.9 Å². The number of nitro benzene ring substituents is 1. The van der Waals surface area contributed by atoms with E-state index in [2.05, 4.69) is 10.6 Å². The molecule has 0 aliphatic heterocycles. The van der Waals surface area contributed by atoms with Gasteiger partial charge in [-0.2, -0.15) is 0 Å². The fourth-order valence-corrected chi connectivity index (χ4v) is 2.43. The second kappa shape index (κ2) is 10.1. The van der Waals surface area contributed by atoms with Crippen LogP contribution in [0.3, 0.4) is 0 Å². The van der Waals surface area contributed by atoms with Crippen LogP contribution in [0.25, 0.3) is 0 Å². The van der Waals surface area contributed by atoms with Gasteiger partial charge >= 0.3 is 5.97 Å². The van der Waals surface area contributed by atoms with E-state index in [9.17, 15) is 19.7 Å². The zero-order chi connectivity index (χ0) is 20.5. The molecule has 0 fully saturated rings. The van der Waals surface area contributed by atoms with Crippen LogP contribution >= 0.6 is 0 Å². The van der Waals surface area contributed by atoms with Crippen LogP contribution in [0.15, 0.2) is 48.5 Å². The molecule has 0 spiro atoms. The molecular weight excluding hydrogens is 362 g/mol. The normalized spacial score (nSPS) is 11.4. The molecule has 8 heteroatoms. The van der Waals surface area contributed by atoms with Crippen LogP contribution in [0.4, 0.5) is 11.4 Å². The molecule has 2 aromatic rings. The first-order valence-corrected chi connectivity index (χ1v) is 8.87. The summed E-state index contributed by atoms with van der Waals surface area (Å²) in [7, 11) is 0. The Morgan fingerprint density at radius 2 is 1.82 bits per heavy atom. The van der Waals surface area contributed by atoms with Gasteiger partial charge in [-0.3, -0.25) is 19.7 Å². The summed E-state index contributed by atoms with van der Waals surface area (Å²) in [5.74, 6) is -0.954. The van der Waals surface area contributed by atoms with E-state index in [0.29, 0.717) is 12.2 Å². The van der Waals surface area contributed by atoms with Crippen LogP contribution in [0.2, 0.25) is 0 Å². The quantitative estimate of drug-likeness (QED) is 0.390. The molecule has 2 rings (SSSR count). The fraction of sp³-hybridized carbons (Fsp3) is 0.300. The number of para-hydroxylation sites is 2. The van der Waals surface area contributed by atoms with Crippen molar-refractivity contribution in [3.8, 4) is 0 Å². The SMILES string of the molecule is Cc1ccc(CNC(=O)C(C)OC(=O)CCNc2ccccc2[N+](=O)[O-])cc1. The number of hydrogen-bond donors (Lipinski definition) is 2. The standard InChI is InChI=1S/C20H23N3O5/c1-14-7-9-16(10-8-14)13-22-20(25)15(2)28-19(24)11-12-21-17-5-3-4-6-18(17)23(26)27/h3-10,15,21H,11-13H2,1-2H3,(H,22,25). The summed E-state index contributed by atoms with van der Waals surface area (Å²) in [5, 5.41) is 16.5. The lowest BCUT2D eigenvalue weighted by Gasteiger charge is -2.14. The summed E-state index contributed by atoms with van der Waals surface area (Å²) >= 11 is 0. The molecule has 0 aliphatic rings. The van der Waals surface area contributed by atoms with Crippen molar-refractivity contribution in [3.05, 3.63) is 69.8 Å². The first-order valence-electron chi connectivity index (χ1n) is 8.87. The number of ether oxygens (including phenoxy) is 1. The molecule has 0 heterocycles. The summed E-state index contributed by atoms with van der Waals surface area (Å²) in [6.45, 7) is 3.98. The van der Waals surface area contributed by atoms with Crippen molar-refractivity contribution in [1.29, 1.82) is 0 Å². The van der Waals surface area contributed by atoms with E-state index in [-0.39, 0.29) is 24.6 Å². The van der Waals surface area contributed by atoms with Crippen LogP contribution < -0.4 is 10.6 Å². The topological polar surface area (TPSA) is 111 Å². The number of carbonyl (C=O) groups excluding carboxylic acids is 2. The maximum absolute atomic E-state index is 12.1. The van der Waals surface area contributed by atoms with Gasteiger partial charge in [0.25, 0.3) is 11.6 Å². The molecule has 28 heavy (non-hydrogen) atoms. The first kappa shape index (κ1) is 20.9. The van der Waals surface area contributed by atoms with Crippen LogP contribution in [-0.4, -0.2) is 29.4 Å². The largest absolute Gasteiger partial charge is 0.452 e. The van der Waals surface area contributed by atoms with Gasteiger partial charge in [0.05, 0.1) is 11.3 Å². The molecule has 0 bridgehead atoms. The molecule has 148 valence electrons. The molecule has 1 atom stereocenters. The highest BCUT2D eigenvalue weighted by Crippen LogP contribution is 2.22. The van der Waals surface area contributed by atoms with Crippen molar-refractivity contribution < 1.29 is 19.2 Å². The maximum Gasteiger partial charge on any atom is 0.308 e. The van der Waals surface area contributed by atoms with E-state index in [1.165, 1.54) is 13.0 Å². The lowest BCUT2D eigenvalue weighted by atomic mass is 10.1. The summed E-state index contributed by atoms with van der Waals surface area (Å²) in [5.41, 5.74) is 2.34. The minimum atomic E-state index is -0.927. The third kappa shape index (κ3) is 6.39. The molecular formula is C20H23N3O5. The monoisotopic (exact) mass is 385 g/mol. The zero-order valence-corrected chi connectivity index (χ0v) is 15.8. The van der Waals surface area contributed by atoms with Gasteiger partial charge in [0.1, 0.15) is 5.69 Å². The van der Waals surface area contributed by atoms with Crippen molar-refractivity contribution in [2.24, 2.45) is 0 Å². The Morgan fingerprint density at radius 3 is 2.50 bits per heavy atom. The number of anilines is 1. The lowest BCUT2D eigenvalue weighted by molar-refractivity contribution is -0.384. The van der Waals surface area contributed by atoms with Crippen molar-refractivity contribution in [2.45, 2.75) is 32.9 Å². The smallest absolute Gasteiger partial charge is 0.308 e. The number of nitrogens with one attached hydrogen (secondary N) is 2. The molecule has 8 nitrogen and oxygen atoms in total. The highest BCUT2D eigenvalue weighted by molar-refractivity contribution is 5.83. The van der Waals surface area contributed by atoms with Crippen molar-refractivity contribution in [3.63, 3.8) is 0 Å². The summed E-state index contributed by atoms with van der Waals surface area (Å²) in [4.78, 5) is 34.4. The number of esters is 1. The molecule has 1 unspecified atom stereocenters. The number of nitrogens with zero attached hydrogens (tertiary/aromatic N) is 1. The second-order valence-corrected chi connectivity index (χ2v) is 6.29. The van der Waals surface area contributed by atoms with Gasteiger partial charge in [-0.05, 0) is 25.5 Å². The minimum Gasteiger partial charge on any atom is -0.452 e. The van der Waals surface area contributed by atoms with Crippen molar-refractivity contribution >= 4 is 23.3 Å². The number of benzene rings is 2. The molecule has 2 N–H and O–H groups in total. The highest BCUT2D eigenvalue weighted by Gasteiger charge is 2.18. The Balaban J connectivity index is 1.73. The number of nitro groups is 1. The van der Waals surface area contributed by atoms with E-state index in [4.69, 9.17) is 4.74 Å². The molecule has 0 saturated heterocycles. The maximum atomic E-state index is 12.1. The number of aryl methyl sites for hydroxylation is 1. The van der Waals surface area contributed by atoms with Crippen LogP contribution in [0.1, 0.15) is 24.5 Å². The number of rotatable bonds is 9. The van der Waals surface area contributed by atoms with Gasteiger partial charge in [0.15, 0.2) is 6.10 Å². The molecule has 1 amide bonds. The van der Waals surface area contributed by atoms with E-state index < -0.39 is 17.0 Å². The second-order valence-electron chi connectivity index (χ2n) is 6.29. The lowest BCUT2D eigenvalue weighted by Crippen LogP contribution is -2.35. The predicted molar refractivity (Wildman–Crippen MR) is 105 cm³/mol. The van der Waals surface area contributed by atoms with Gasteiger partial charge in [-0.1, -0.05) is 42.0 Å². The molecule has 2 aromatic carbocycles. The van der Waals surface area contributed by atoms with Gasteiger partial charge in [0, 0.05) is 19.2 Å². The van der Waals surface area contributed by atoms with E-state index in [0.717, 1.165) is 11.1 Å². The number of hydrogen-bond acceptors (Lipinski definition) is 6. The van der Waals surface area contributed by atoms with Crippen LogP contribution in [0.5, 0.6) is 0 Å². The van der Waals surface area contributed by atoms with E-state index in [1.54, 1.807) is 18.2 Å². The summed E-state index contributed by atoms with van der Waals surface area (Å²) in [6, 6.07) is 13.9. The number of amides is 1. The predicted octanol–water partition coefficient (Wildman–Crippen LogP) is 2.95. The molecule has 0 aliphatic carbocycles. The third-order valence-corrected chi connectivity index (χ3v) is 4.01. The summed E-state index contributed by atoms with van der Waals surface area (Å²) < 4.78 is 5.11. The Labute approximate surface area is 163 Å². The Bertz CT molecular complexity index is 836. The Kier molecular flexibility index (Phi) is 7.50. The fourth-order valence-electron chi connectivity index (χ4n) is 2.43. The minimum absolute atomic E-state index is 0.0262. The van der Waals surface area contributed by atoms with Gasteiger partial charge in [-0.25, -0.2) is 0 Å². The number of carbonyl (C=O) groups is 2. The van der Waals surface area contributed by atoms with Gasteiger partial charge in [-0.15, -0.1) is 0 Å². The molecule has 0 saturated carbocycles. The third-order valence-electron chi connectivity index (χ3n) is 4.01. The van der Waals surface area contributed by atoms with Gasteiger partial charge in [0.2, 0.25) is 0 Å². The highest BCUT2D eigenvalue weighted by atomic mass is 16.6. The van der Waals surface area contributed by atoms with E-state index >= 15 is 0 Å². The molecule has 0 aromatic heterocycles.